The molecule has 3 aliphatic rings. The zero-order valence-electron chi connectivity index (χ0n) is 14.5. The van der Waals surface area contributed by atoms with Crippen molar-refractivity contribution in [3.63, 3.8) is 0 Å². The van der Waals surface area contributed by atoms with Crippen LogP contribution in [0, 0.1) is 5.92 Å². The second-order valence-electron chi connectivity index (χ2n) is 7.38. The summed E-state index contributed by atoms with van der Waals surface area (Å²) in [5, 5.41) is 12.1. The van der Waals surface area contributed by atoms with E-state index in [1.807, 2.05) is 6.92 Å². The maximum atomic E-state index is 12.9. The Morgan fingerprint density at radius 3 is 2.60 bits per heavy atom. The quantitative estimate of drug-likeness (QED) is 0.736. The molecule has 0 radical (unpaired) electrons. The average molecular weight is 351 g/mol. The summed E-state index contributed by atoms with van der Waals surface area (Å²) in [5.41, 5.74) is -0.899. The van der Waals surface area contributed by atoms with E-state index in [4.69, 9.17) is 0 Å². The van der Waals surface area contributed by atoms with Gasteiger partial charge in [0.1, 0.15) is 18.1 Å². The lowest BCUT2D eigenvalue weighted by atomic mass is 9.73. The molecule has 1 spiro atoms. The topological polar surface area (TPSA) is 107 Å². The van der Waals surface area contributed by atoms with Crippen LogP contribution in [0.3, 0.4) is 0 Å². The van der Waals surface area contributed by atoms with E-state index in [0.29, 0.717) is 19.4 Å². The van der Waals surface area contributed by atoms with Crippen LogP contribution in [0.1, 0.15) is 51.9 Å². The second kappa shape index (κ2) is 6.65. The van der Waals surface area contributed by atoms with Crippen LogP contribution < -0.4 is 5.32 Å². The number of nitrogens with zero attached hydrogens (tertiary/aromatic N) is 2. The van der Waals surface area contributed by atoms with Crippen LogP contribution in [0.2, 0.25) is 0 Å². The summed E-state index contributed by atoms with van der Waals surface area (Å²) in [5.74, 6) is -1.83. The average Bonchev–Trinajstić information content (AvgIpc) is 2.82. The minimum atomic E-state index is -1.04. The summed E-state index contributed by atoms with van der Waals surface area (Å²) in [4.78, 5) is 51.5. The molecule has 138 valence electrons. The summed E-state index contributed by atoms with van der Waals surface area (Å²) < 4.78 is 0. The number of rotatable bonds is 3. The zero-order chi connectivity index (χ0) is 18.2. The van der Waals surface area contributed by atoms with E-state index in [2.05, 4.69) is 5.32 Å². The summed E-state index contributed by atoms with van der Waals surface area (Å²) in [7, 11) is 0. The van der Waals surface area contributed by atoms with Crippen molar-refractivity contribution in [2.45, 2.75) is 63.5 Å². The standard InChI is InChI=1S/C17H25N3O5/c1-11-6-2-4-8-17(11)15(24)20(16(25)18-17)10-13(21)19-9-5-3-7-12(19)14(22)23/h11-12H,2-10H2,1H3,(H,18,25)(H,22,23). The number of imide groups is 1. The SMILES string of the molecule is CC1CCCCC12NC(=O)N(CC(=O)N1CCCCC1C(=O)O)C2=O. The van der Waals surface area contributed by atoms with E-state index < -0.39 is 29.5 Å². The van der Waals surface area contributed by atoms with Crippen molar-refractivity contribution in [1.29, 1.82) is 0 Å². The van der Waals surface area contributed by atoms with Gasteiger partial charge in [0.2, 0.25) is 5.91 Å². The molecule has 0 aromatic carbocycles. The van der Waals surface area contributed by atoms with Crippen LogP contribution in [-0.2, 0) is 14.4 Å². The van der Waals surface area contributed by atoms with E-state index in [1.165, 1.54) is 4.90 Å². The van der Waals surface area contributed by atoms with E-state index in [-0.39, 0.29) is 18.4 Å². The van der Waals surface area contributed by atoms with Gasteiger partial charge in [-0.15, -0.1) is 0 Å². The van der Waals surface area contributed by atoms with Gasteiger partial charge in [0.05, 0.1) is 0 Å². The largest absolute Gasteiger partial charge is 0.480 e. The normalized spacial score (nSPS) is 32.8. The van der Waals surface area contributed by atoms with Crippen LogP contribution >= 0.6 is 0 Å². The molecule has 8 heteroatoms. The number of hydrogen-bond acceptors (Lipinski definition) is 4. The highest BCUT2D eigenvalue weighted by Crippen LogP contribution is 2.38. The van der Waals surface area contributed by atoms with Gasteiger partial charge in [0.25, 0.3) is 5.91 Å². The molecule has 1 aliphatic carbocycles. The number of likely N-dealkylation sites (tertiary alicyclic amines) is 1. The van der Waals surface area contributed by atoms with Gasteiger partial charge in [-0.1, -0.05) is 19.8 Å². The number of hydrogen-bond donors (Lipinski definition) is 2. The molecule has 0 aromatic rings. The Kier molecular flexibility index (Phi) is 4.71. The zero-order valence-corrected chi connectivity index (χ0v) is 14.5. The molecule has 3 atom stereocenters. The lowest BCUT2D eigenvalue weighted by molar-refractivity contribution is -0.153. The first-order valence-electron chi connectivity index (χ1n) is 9.03. The number of piperidine rings is 1. The Morgan fingerprint density at radius 2 is 1.92 bits per heavy atom. The van der Waals surface area contributed by atoms with Gasteiger partial charge in [0.15, 0.2) is 0 Å². The maximum absolute atomic E-state index is 12.9. The van der Waals surface area contributed by atoms with E-state index in [9.17, 15) is 24.3 Å². The molecular weight excluding hydrogens is 326 g/mol. The van der Waals surface area contributed by atoms with Crippen molar-refractivity contribution >= 4 is 23.8 Å². The van der Waals surface area contributed by atoms with Gasteiger partial charge in [-0.2, -0.15) is 0 Å². The minimum absolute atomic E-state index is 0.0274. The number of aliphatic carboxylic acids is 1. The van der Waals surface area contributed by atoms with E-state index >= 15 is 0 Å². The molecule has 25 heavy (non-hydrogen) atoms. The monoisotopic (exact) mass is 351 g/mol. The molecule has 4 amide bonds. The third kappa shape index (κ3) is 2.98. The first kappa shape index (κ1) is 17.7. The molecule has 0 bridgehead atoms. The smallest absolute Gasteiger partial charge is 0.326 e. The van der Waals surface area contributed by atoms with Gasteiger partial charge in [0, 0.05) is 6.54 Å². The maximum Gasteiger partial charge on any atom is 0.326 e. The number of nitrogens with one attached hydrogen (secondary N) is 1. The number of urea groups is 1. The van der Waals surface area contributed by atoms with Gasteiger partial charge in [-0.3, -0.25) is 14.5 Å². The molecular formula is C17H25N3O5. The number of carbonyl (C=O) groups excluding carboxylic acids is 3. The van der Waals surface area contributed by atoms with E-state index in [0.717, 1.165) is 37.0 Å². The van der Waals surface area contributed by atoms with Crippen LogP contribution in [0.25, 0.3) is 0 Å². The van der Waals surface area contributed by atoms with Crippen molar-refractivity contribution in [2.24, 2.45) is 5.92 Å². The fraction of sp³-hybridized carbons (Fsp3) is 0.765. The van der Waals surface area contributed by atoms with Gasteiger partial charge in [-0.05, 0) is 38.0 Å². The lowest BCUT2D eigenvalue weighted by Crippen LogP contribution is -2.55. The predicted octanol–water partition coefficient (Wildman–Crippen LogP) is 0.953. The second-order valence-corrected chi connectivity index (χ2v) is 7.38. The Bertz CT molecular complexity index is 607. The molecule has 0 aromatic heterocycles. The Labute approximate surface area is 146 Å². The van der Waals surface area contributed by atoms with Crippen LogP contribution in [-0.4, -0.2) is 63.4 Å². The molecule has 2 saturated heterocycles. The molecule has 3 fully saturated rings. The lowest BCUT2D eigenvalue weighted by Gasteiger charge is -2.37. The summed E-state index contributed by atoms with van der Waals surface area (Å²) in [6.45, 7) is 1.91. The highest BCUT2D eigenvalue weighted by atomic mass is 16.4. The van der Waals surface area contributed by atoms with E-state index in [1.54, 1.807) is 0 Å². The van der Waals surface area contributed by atoms with Crippen LogP contribution in [0.15, 0.2) is 0 Å². The summed E-state index contributed by atoms with van der Waals surface area (Å²) in [6, 6.07) is -1.42. The molecule has 2 aliphatic heterocycles. The van der Waals surface area contributed by atoms with Gasteiger partial charge in [-0.25, -0.2) is 9.59 Å². The Balaban J connectivity index is 1.74. The highest BCUT2D eigenvalue weighted by Gasteiger charge is 2.55. The molecule has 8 nitrogen and oxygen atoms in total. The van der Waals surface area contributed by atoms with Gasteiger partial charge < -0.3 is 15.3 Å². The summed E-state index contributed by atoms with van der Waals surface area (Å²) >= 11 is 0. The number of carboxylic acids is 1. The van der Waals surface area contributed by atoms with Crippen molar-refractivity contribution in [3.05, 3.63) is 0 Å². The first-order chi connectivity index (χ1) is 11.9. The third-order valence-electron chi connectivity index (χ3n) is 5.90. The minimum Gasteiger partial charge on any atom is -0.480 e. The number of amides is 4. The Morgan fingerprint density at radius 1 is 1.20 bits per heavy atom. The van der Waals surface area contributed by atoms with Crippen molar-refractivity contribution in [3.8, 4) is 0 Å². The highest BCUT2D eigenvalue weighted by molar-refractivity contribution is 6.09. The number of carbonyl (C=O) groups is 4. The molecule has 3 unspecified atom stereocenters. The van der Waals surface area contributed by atoms with Gasteiger partial charge >= 0.3 is 12.0 Å². The van der Waals surface area contributed by atoms with Crippen molar-refractivity contribution in [2.75, 3.05) is 13.1 Å². The molecule has 2 N–H and O–H groups in total. The predicted molar refractivity (Wildman–Crippen MR) is 87.6 cm³/mol. The van der Waals surface area contributed by atoms with Crippen LogP contribution in [0.5, 0.6) is 0 Å². The molecule has 2 heterocycles. The third-order valence-corrected chi connectivity index (χ3v) is 5.90. The molecule has 3 rings (SSSR count). The summed E-state index contributed by atoms with van der Waals surface area (Å²) in [6.07, 6.45) is 5.24. The Hall–Kier alpha value is -2.12. The van der Waals surface area contributed by atoms with Crippen LogP contribution in [0.4, 0.5) is 4.79 Å². The van der Waals surface area contributed by atoms with Crippen molar-refractivity contribution in [1.82, 2.24) is 15.1 Å². The first-order valence-corrected chi connectivity index (χ1v) is 9.03. The fourth-order valence-corrected chi connectivity index (χ4v) is 4.35. The number of carboxylic acid groups (broad SMARTS) is 1. The molecule has 1 saturated carbocycles. The fourth-order valence-electron chi connectivity index (χ4n) is 4.35. The van der Waals surface area contributed by atoms with Crippen molar-refractivity contribution < 1.29 is 24.3 Å².